The predicted molar refractivity (Wildman–Crippen MR) is 137 cm³/mol. The van der Waals surface area contributed by atoms with Crippen LogP contribution in [0.1, 0.15) is 61.9 Å². The van der Waals surface area contributed by atoms with E-state index in [-0.39, 0.29) is 30.0 Å². The Balaban J connectivity index is 1.59. The summed E-state index contributed by atoms with van der Waals surface area (Å²) in [7, 11) is 0. The lowest BCUT2D eigenvalue weighted by Gasteiger charge is -2.18. The number of anilines is 2. The van der Waals surface area contributed by atoms with Gasteiger partial charge in [-0.25, -0.2) is 9.78 Å². The fourth-order valence-electron chi connectivity index (χ4n) is 3.61. The Bertz CT molecular complexity index is 1200. The molecule has 2 atom stereocenters. The Morgan fingerprint density at radius 3 is 2.33 bits per heavy atom. The van der Waals surface area contributed by atoms with Gasteiger partial charge in [0.2, 0.25) is 11.8 Å². The van der Waals surface area contributed by atoms with E-state index in [1.807, 2.05) is 45.0 Å². The van der Waals surface area contributed by atoms with Crippen molar-refractivity contribution in [3.05, 3.63) is 77.5 Å². The summed E-state index contributed by atoms with van der Waals surface area (Å²) in [5.74, 6) is -1.27. The number of urea groups is 1. The number of para-hydroxylation sites is 1. The van der Waals surface area contributed by atoms with Crippen LogP contribution < -0.4 is 16.0 Å². The molecule has 3 rings (SSSR count). The number of oxazole rings is 1. The minimum absolute atomic E-state index is 0.128. The Morgan fingerprint density at radius 1 is 1.00 bits per heavy atom. The number of aryl methyl sites for hydroxylation is 1. The number of carbonyl (C=O) groups excluding carboxylic acids is 2. The summed E-state index contributed by atoms with van der Waals surface area (Å²) in [6.07, 6.45) is 2.12. The molecule has 9 nitrogen and oxygen atoms in total. The van der Waals surface area contributed by atoms with Gasteiger partial charge in [0.15, 0.2) is 0 Å². The number of carbonyl (C=O) groups is 3. The second kappa shape index (κ2) is 12.0. The number of amides is 3. The SMILES string of the molecule is Cc1ccccc1NC(=O)Nc1ccc(CC(=O)NC(CC(C)C)c2ncc(C(C)C(=O)O)o2)cc1. The molecule has 0 bridgehead atoms. The number of carboxylic acid groups (broad SMARTS) is 1. The molecule has 3 amide bonds. The summed E-state index contributed by atoms with van der Waals surface area (Å²) in [5, 5.41) is 17.7. The highest BCUT2D eigenvalue weighted by molar-refractivity contribution is 6.00. The first kappa shape index (κ1) is 26.5. The van der Waals surface area contributed by atoms with Gasteiger partial charge in [-0.05, 0) is 55.5 Å². The van der Waals surface area contributed by atoms with Gasteiger partial charge in [-0.2, -0.15) is 0 Å². The van der Waals surface area contributed by atoms with Crippen molar-refractivity contribution >= 4 is 29.3 Å². The molecule has 2 unspecified atom stereocenters. The molecular formula is C27H32N4O5. The second-order valence-electron chi connectivity index (χ2n) is 9.18. The van der Waals surface area contributed by atoms with E-state index in [2.05, 4.69) is 20.9 Å². The van der Waals surface area contributed by atoms with Crippen LogP contribution in [-0.2, 0) is 16.0 Å². The predicted octanol–water partition coefficient (Wildman–Crippen LogP) is 5.26. The number of nitrogens with one attached hydrogen (secondary N) is 3. The van der Waals surface area contributed by atoms with E-state index in [0.29, 0.717) is 18.0 Å². The van der Waals surface area contributed by atoms with Crippen molar-refractivity contribution < 1.29 is 23.9 Å². The van der Waals surface area contributed by atoms with Gasteiger partial charge in [0.05, 0.1) is 12.6 Å². The van der Waals surface area contributed by atoms with E-state index in [4.69, 9.17) is 4.42 Å². The van der Waals surface area contributed by atoms with Crippen LogP contribution >= 0.6 is 0 Å². The molecule has 0 saturated heterocycles. The average molecular weight is 493 g/mol. The van der Waals surface area contributed by atoms with Crippen LogP contribution in [0, 0.1) is 12.8 Å². The van der Waals surface area contributed by atoms with Crippen molar-refractivity contribution in [1.82, 2.24) is 10.3 Å². The standard InChI is InChI=1S/C27H32N4O5/c1-16(2)13-22(25-28-15-23(36-25)18(4)26(33)34)30-24(32)14-19-9-11-20(12-10-19)29-27(35)31-21-8-6-5-7-17(21)3/h5-12,15-16,18,22H,13-14H2,1-4H3,(H,30,32)(H,33,34)(H2,29,31,35). The van der Waals surface area contributed by atoms with Crippen LogP contribution in [0.2, 0.25) is 0 Å². The lowest BCUT2D eigenvalue weighted by atomic mass is 10.0. The zero-order valence-corrected chi connectivity index (χ0v) is 20.9. The largest absolute Gasteiger partial charge is 0.481 e. The number of aromatic nitrogens is 1. The molecular weight excluding hydrogens is 460 g/mol. The van der Waals surface area contributed by atoms with E-state index < -0.39 is 17.9 Å². The monoisotopic (exact) mass is 492 g/mol. The number of carboxylic acids is 1. The molecule has 0 fully saturated rings. The Labute approximate surface area is 210 Å². The van der Waals surface area contributed by atoms with Gasteiger partial charge < -0.3 is 25.5 Å². The summed E-state index contributed by atoms with van der Waals surface area (Å²) in [6, 6.07) is 13.7. The summed E-state index contributed by atoms with van der Waals surface area (Å²) in [6.45, 7) is 7.47. The quantitative estimate of drug-likeness (QED) is 0.305. The Morgan fingerprint density at radius 2 is 1.69 bits per heavy atom. The third-order valence-corrected chi connectivity index (χ3v) is 5.65. The van der Waals surface area contributed by atoms with Gasteiger partial charge >= 0.3 is 12.0 Å². The Hall–Kier alpha value is -4.14. The lowest BCUT2D eigenvalue weighted by molar-refractivity contribution is -0.138. The second-order valence-corrected chi connectivity index (χ2v) is 9.18. The summed E-state index contributed by atoms with van der Waals surface area (Å²) in [4.78, 5) is 40.5. The minimum Gasteiger partial charge on any atom is -0.481 e. The van der Waals surface area contributed by atoms with E-state index in [1.165, 1.54) is 13.1 Å². The number of hydrogen-bond acceptors (Lipinski definition) is 5. The molecule has 0 spiro atoms. The van der Waals surface area contributed by atoms with Crippen molar-refractivity contribution in [1.29, 1.82) is 0 Å². The van der Waals surface area contributed by atoms with Gasteiger partial charge in [-0.3, -0.25) is 9.59 Å². The van der Waals surface area contributed by atoms with Crippen LogP contribution in [0.25, 0.3) is 0 Å². The van der Waals surface area contributed by atoms with Gasteiger partial charge in [0.1, 0.15) is 17.7 Å². The summed E-state index contributed by atoms with van der Waals surface area (Å²) >= 11 is 0. The first-order valence-electron chi connectivity index (χ1n) is 11.8. The van der Waals surface area contributed by atoms with E-state index >= 15 is 0 Å². The zero-order valence-electron chi connectivity index (χ0n) is 20.9. The molecule has 1 heterocycles. The molecule has 0 aliphatic heterocycles. The third-order valence-electron chi connectivity index (χ3n) is 5.65. The highest BCUT2D eigenvalue weighted by Gasteiger charge is 2.24. The summed E-state index contributed by atoms with van der Waals surface area (Å²) < 4.78 is 5.67. The van der Waals surface area contributed by atoms with Gasteiger partial charge in [0.25, 0.3) is 0 Å². The highest BCUT2D eigenvalue weighted by atomic mass is 16.4. The molecule has 0 radical (unpaired) electrons. The molecule has 2 aromatic carbocycles. The van der Waals surface area contributed by atoms with Gasteiger partial charge in [-0.1, -0.05) is 44.2 Å². The van der Waals surface area contributed by atoms with Gasteiger partial charge in [-0.15, -0.1) is 0 Å². The van der Waals surface area contributed by atoms with Crippen molar-refractivity contribution in [3.8, 4) is 0 Å². The fourth-order valence-corrected chi connectivity index (χ4v) is 3.61. The third kappa shape index (κ3) is 7.43. The van der Waals surface area contributed by atoms with Crippen LogP contribution in [0.4, 0.5) is 16.2 Å². The molecule has 36 heavy (non-hydrogen) atoms. The van der Waals surface area contributed by atoms with Crippen LogP contribution in [0.15, 0.2) is 59.1 Å². The number of rotatable bonds is 10. The molecule has 0 saturated carbocycles. The molecule has 9 heteroatoms. The maximum Gasteiger partial charge on any atom is 0.323 e. The van der Waals surface area contributed by atoms with Crippen molar-refractivity contribution in [3.63, 3.8) is 0 Å². The Kier molecular flexibility index (Phi) is 8.83. The minimum atomic E-state index is -1.01. The summed E-state index contributed by atoms with van der Waals surface area (Å²) in [5.41, 5.74) is 3.06. The number of benzene rings is 2. The smallest absolute Gasteiger partial charge is 0.323 e. The van der Waals surface area contributed by atoms with Crippen molar-refractivity contribution in [2.45, 2.75) is 52.5 Å². The highest BCUT2D eigenvalue weighted by Crippen LogP contribution is 2.25. The van der Waals surface area contributed by atoms with Crippen LogP contribution in [-0.4, -0.2) is 28.0 Å². The normalized spacial score (nSPS) is 12.6. The van der Waals surface area contributed by atoms with E-state index in [1.54, 1.807) is 24.3 Å². The van der Waals surface area contributed by atoms with Crippen LogP contribution in [0.3, 0.4) is 0 Å². The lowest BCUT2D eigenvalue weighted by Crippen LogP contribution is -2.31. The maximum atomic E-state index is 12.8. The molecule has 4 N–H and O–H groups in total. The van der Waals surface area contributed by atoms with Crippen LogP contribution in [0.5, 0.6) is 0 Å². The average Bonchev–Trinajstić information content (AvgIpc) is 3.31. The fraction of sp³-hybridized carbons (Fsp3) is 0.333. The van der Waals surface area contributed by atoms with Crippen molar-refractivity contribution in [2.24, 2.45) is 5.92 Å². The number of nitrogens with zero attached hydrogens (tertiary/aromatic N) is 1. The topological polar surface area (TPSA) is 134 Å². The molecule has 190 valence electrons. The molecule has 3 aromatic rings. The van der Waals surface area contributed by atoms with E-state index in [0.717, 1.165) is 16.8 Å². The molecule has 1 aromatic heterocycles. The maximum absolute atomic E-state index is 12.8. The first-order chi connectivity index (χ1) is 17.1. The zero-order chi connectivity index (χ0) is 26.2. The molecule has 0 aliphatic carbocycles. The van der Waals surface area contributed by atoms with Gasteiger partial charge in [0, 0.05) is 11.4 Å². The van der Waals surface area contributed by atoms with E-state index in [9.17, 15) is 19.5 Å². The number of aliphatic carboxylic acids is 1. The first-order valence-corrected chi connectivity index (χ1v) is 11.8. The van der Waals surface area contributed by atoms with Crippen molar-refractivity contribution in [2.75, 3.05) is 10.6 Å². The number of hydrogen-bond donors (Lipinski definition) is 4. The molecule has 0 aliphatic rings.